The highest BCUT2D eigenvalue weighted by Gasteiger charge is 2.23. The molecule has 1 atom stereocenters. The molecule has 1 aliphatic heterocycles. The molecular formula is C14H16N2O. The molecule has 0 amide bonds. The maximum Gasteiger partial charge on any atom is 0.140 e. The summed E-state index contributed by atoms with van der Waals surface area (Å²) in [6.07, 6.45) is 0. The van der Waals surface area contributed by atoms with Crippen LogP contribution >= 0.6 is 0 Å². The average Bonchev–Trinajstić information content (AvgIpc) is 2.54. The van der Waals surface area contributed by atoms with Crippen LogP contribution in [0, 0.1) is 0 Å². The van der Waals surface area contributed by atoms with E-state index in [0.29, 0.717) is 0 Å². The molecule has 0 fully saturated rings. The van der Waals surface area contributed by atoms with Crippen molar-refractivity contribution in [3.63, 3.8) is 0 Å². The molecule has 1 aliphatic rings. The highest BCUT2D eigenvalue weighted by molar-refractivity contribution is 5.87. The first-order valence-electron chi connectivity index (χ1n) is 6.06. The van der Waals surface area contributed by atoms with E-state index in [1.165, 1.54) is 10.9 Å². The lowest BCUT2D eigenvalue weighted by Crippen LogP contribution is -2.24. The van der Waals surface area contributed by atoms with Gasteiger partial charge in [0, 0.05) is 30.8 Å². The lowest BCUT2D eigenvalue weighted by atomic mass is 10.0. The Balaban J connectivity index is 2.23. The number of carbonyl (C=O) groups excluding carboxylic acids is 1. The molecule has 1 N–H and O–H groups in total. The van der Waals surface area contributed by atoms with Gasteiger partial charge in [-0.05, 0) is 24.4 Å². The molecule has 2 aromatic rings. The molecule has 0 aliphatic carbocycles. The summed E-state index contributed by atoms with van der Waals surface area (Å²) in [6, 6.07) is 10.5. The van der Waals surface area contributed by atoms with Crippen LogP contribution in [-0.2, 0) is 11.3 Å². The zero-order valence-corrected chi connectivity index (χ0v) is 9.94. The number of aromatic nitrogens is 1. The fourth-order valence-corrected chi connectivity index (χ4v) is 2.66. The molecule has 0 bridgehead atoms. The van der Waals surface area contributed by atoms with Crippen molar-refractivity contribution >= 4 is 16.7 Å². The van der Waals surface area contributed by atoms with E-state index in [-0.39, 0.29) is 11.7 Å². The second kappa shape index (κ2) is 4.00. The van der Waals surface area contributed by atoms with Gasteiger partial charge in [-0.1, -0.05) is 18.2 Å². The number of nitrogens with one attached hydrogen (secondary N) is 1. The van der Waals surface area contributed by atoms with E-state index >= 15 is 0 Å². The van der Waals surface area contributed by atoms with E-state index in [9.17, 15) is 4.79 Å². The Morgan fingerprint density at radius 2 is 2.24 bits per heavy atom. The van der Waals surface area contributed by atoms with Crippen molar-refractivity contribution in [2.45, 2.75) is 19.4 Å². The van der Waals surface area contributed by atoms with E-state index in [4.69, 9.17) is 0 Å². The van der Waals surface area contributed by atoms with Crippen LogP contribution < -0.4 is 5.32 Å². The normalized spacial score (nSPS) is 19.9. The lowest BCUT2D eigenvalue weighted by molar-refractivity contribution is -0.118. The van der Waals surface area contributed by atoms with Crippen LogP contribution in [0.4, 0.5) is 0 Å². The highest BCUT2D eigenvalue weighted by atomic mass is 16.1. The van der Waals surface area contributed by atoms with Gasteiger partial charge in [0.05, 0.1) is 5.92 Å². The predicted molar refractivity (Wildman–Crippen MR) is 68.2 cm³/mol. The van der Waals surface area contributed by atoms with Crippen LogP contribution in [0.5, 0.6) is 0 Å². The summed E-state index contributed by atoms with van der Waals surface area (Å²) in [4.78, 5) is 11.7. The van der Waals surface area contributed by atoms with E-state index < -0.39 is 0 Å². The molecule has 0 saturated heterocycles. The molecule has 0 saturated carbocycles. The monoisotopic (exact) mass is 228 g/mol. The Labute approximate surface area is 100 Å². The third kappa shape index (κ3) is 1.67. The average molecular weight is 228 g/mol. The van der Waals surface area contributed by atoms with E-state index in [1.54, 1.807) is 6.92 Å². The summed E-state index contributed by atoms with van der Waals surface area (Å²) in [6.45, 7) is 4.30. The first-order valence-corrected chi connectivity index (χ1v) is 6.06. The van der Waals surface area contributed by atoms with Gasteiger partial charge in [-0.3, -0.25) is 4.79 Å². The van der Waals surface area contributed by atoms with Gasteiger partial charge >= 0.3 is 0 Å². The topological polar surface area (TPSA) is 34.0 Å². The molecule has 3 nitrogen and oxygen atoms in total. The minimum atomic E-state index is -0.00935. The SMILES string of the molecule is CC(=O)C1CNCCn2c1cc1ccccc12. The Hall–Kier alpha value is -1.61. The Kier molecular flexibility index (Phi) is 2.48. The second-order valence-electron chi connectivity index (χ2n) is 4.65. The van der Waals surface area contributed by atoms with Gasteiger partial charge in [0.15, 0.2) is 0 Å². The van der Waals surface area contributed by atoms with Crippen molar-refractivity contribution in [3.05, 3.63) is 36.0 Å². The number of hydrogen-bond acceptors (Lipinski definition) is 2. The van der Waals surface area contributed by atoms with E-state index in [0.717, 1.165) is 25.3 Å². The Bertz CT molecular complexity index is 571. The van der Waals surface area contributed by atoms with Crippen LogP contribution in [0.3, 0.4) is 0 Å². The first kappa shape index (κ1) is 10.5. The van der Waals surface area contributed by atoms with Crippen molar-refractivity contribution in [1.29, 1.82) is 0 Å². The molecule has 3 heteroatoms. The molecule has 2 heterocycles. The van der Waals surface area contributed by atoms with Crippen LogP contribution in [-0.4, -0.2) is 23.4 Å². The summed E-state index contributed by atoms with van der Waals surface area (Å²) in [5, 5.41) is 4.57. The highest BCUT2D eigenvalue weighted by Crippen LogP contribution is 2.27. The number of hydrogen-bond donors (Lipinski definition) is 1. The molecule has 1 aromatic heterocycles. The summed E-state index contributed by atoms with van der Waals surface area (Å²) < 4.78 is 2.28. The third-order valence-electron chi connectivity index (χ3n) is 3.55. The van der Waals surface area contributed by atoms with E-state index in [1.807, 2.05) is 6.07 Å². The molecule has 88 valence electrons. The van der Waals surface area contributed by atoms with Gasteiger partial charge in [-0.2, -0.15) is 0 Å². The fourth-order valence-electron chi connectivity index (χ4n) is 2.66. The number of nitrogens with zero attached hydrogens (tertiary/aromatic N) is 1. The largest absolute Gasteiger partial charge is 0.343 e. The molecular weight excluding hydrogens is 212 g/mol. The van der Waals surface area contributed by atoms with Crippen molar-refractivity contribution in [3.8, 4) is 0 Å². The smallest absolute Gasteiger partial charge is 0.140 e. The van der Waals surface area contributed by atoms with Gasteiger partial charge in [-0.15, -0.1) is 0 Å². The predicted octanol–water partition coefficient (Wildman–Crippen LogP) is 1.92. The van der Waals surface area contributed by atoms with Crippen molar-refractivity contribution in [1.82, 2.24) is 9.88 Å². The zero-order chi connectivity index (χ0) is 11.8. The quantitative estimate of drug-likeness (QED) is 0.809. The summed E-state index contributed by atoms with van der Waals surface area (Å²) in [7, 11) is 0. The number of rotatable bonds is 1. The maximum absolute atomic E-state index is 11.7. The Morgan fingerprint density at radius 3 is 3.06 bits per heavy atom. The van der Waals surface area contributed by atoms with Gasteiger partial charge in [0.2, 0.25) is 0 Å². The number of benzene rings is 1. The first-order chi connectivity index (χ1) is 8.27. The molecule has 0 spiro atoms. The minimum Gasteiger partial charge on any atom is -0.343 e. The van der Waals surface area contributed by atoms with Crippen molar-refractivity contribution in [2.24, 2.45) is 0 Å². The Morgan fingerprint density at radius 1 is 1.41 bits per heavy atom. The number of fused-ring (bicyclic) bond motifs is 3. The number of ketones is 1. The summed E-state index contributed by atoms with van der Waals surface area (Å²) in [5.74, 6) is 0.230. The standard InChI is InChI=1S/C14H16N2O/c1-10(17)12-9-15-6-7-16-13-5-3-2-4-11(13)8-14(12)16/h2-5,8,12,15H,6-7,9H2,1H3. The number of para-hydroxylation sites is 1. The lowest BCUT2D eigenvalue weighted by Gasteiger charge is -2.12. The molecule has 1 unspecified atom stereocenters. The number of Topliss-reactive ketones (excluding diaryl/α,β-unsaturated/α-hetero) is 1. The van der Waals surface area contributed by atoms with Crippen LogP contribution in [0.2, 0.25) is 0 Å². The second-order valence-corrected chi connectivity index (χ2v) is 4.65. The summed E-state index contributed by atoms with van der Waals surface area (Å²) >= 11 is 0. The van der Waals surface area contributed by atoms with Crippen molar-refractivity contribution in [2.75, 3.05) is 13.1 Å². The molecule has 0 radical (unpaired) electrons. The van der Waals surface area contributed by atoms with Crippen molar-refractivity contribution < 1.29 is 4.79 Å². The van der Waals surface area contributed by atoms with E-state index in [2.05, 4.69) is 34.1 Å². The minimum absolute atomic E-state index is 0.00935. The van der Waals surface area contributed by atoms with Gasteiger partial charge < -0.3 is 9.88 Å². The van der Waals surface area contributed by atoms with Crippen LogP contribution in [0.25, 0.3) is 10.9 Å². The van der Waals surface area contributed by atoms with Gasteiger partial charge in [-0.25, -0.2) is 0 Å². The van der Waals surface area contributed by atoms with Gasteiger partial charge in [0.25, 0.3) is 0 Å². The molecule has 17 heavy (non-hydrogen) atoms. The number of carbonyl (C=O) groups is 1. The fraction of sp³-hybridized carbons (Fsp3) is 0.357. The zero-order valence-electron chi connectivity index (χ0n) is 9.94. The molecule has 3 rings (SSSR count). The summed E-state index contributed by atoms with van der Waals surface area (Å²) in [5.41, 5.74) is 2.39. The van der Waals surface area contributed by atoms with Gasteiger partial charge in [0.1, 0.15) is 5.78 Å². The van der Waals surface area contributed by atoms with Crippen LogP contribution in [0.1, 0.15) is 18.5 Å². The maximum atomic E-state index is 11.7. The molecule has 1 aromatic carbocycles. The van der Waals surface area contributed by atoms with Crippen LogP contribution in [0.15, 0.2) is 30.3 Å². The third-order valence-corrected chi connectivity index (χ3v) is 3.55.